The first-order chi connectivity index (χ1) is 12.6. The van der Waals surface area contributed by atoms with Gasteiger partial charge in [0.1, 0.15) is 0 Å². The molecule has 0 aliphatic carbocycles. The monoisotopic (exact) mass is 349 g/mol. The number of hydrogen-bond donors (Lipinski definition) is 2. The fourth-order valence-electron chi connectivity index (χ4n) is 3.04. The zero-order valence-corrected chi connectivity index (χ0v) is 15.1. The van der Waals surface area contributed by atoms with E-state index in [1.807, 2.05) is 30.3 Å². The Morgan fingerprint density at radius 3 is 2.69 bits per heavy atom. The highest BCUT2D eigenvalue weighted by Crippen LogP contribution is 2.19. The minimum Gasteiger partial charge on any atom is -0.465 e. The predicted octanol–water partition coefficient (Wildman–Crippen LogP) is 2.59. The van der Waals surface area contributed by atoms with Crippen LogP contribution < -0.4 is 11.1 Å². The molecule has 1 aliphatic rings. The van der Waals surface area contributed by atoms with Gasteiger partial charge in [-0.05, 0) is 30.2 Å². The van der Waals surface area contributed by atoms with Crippen molar-refractivity contribution in [3.05, 3.63) is 82.1 Å². The Balaban J connectivity index is 1.97. The molecule has 0 aromatic heterocycles. The van der Waals surface area contributed by atoms with E-state index in [9.17, 15) is 4.79 Å². The van der Waals surface area contributed by atoms with Gasteiger partial charge in [0.15, 0.2) is 0 Å². The van der Waals surface area contributed by atoms with E-state index in [4.69, 9.17) is 15.5 Å². The number of aryl methyl sites for hydroxylation is 1. The smallest absolute Gasteiger partial charge is 0.337 e. The number of carbonyl (C=O) groups excluding carboxylic acids is 1. The molecule has 2 aromatic carbocycles. The van der Waals surface area contributed by atoms with Gasteiger partial charge in [0, 0.05) is 29.9 Å². The molecule has 0 saturated heterocycles. The van der Waals surface area contributed by atoms with Gasteiger partial charge in [0.25, 0.3) is 0 Å². The number of nitrogens with two attached hydrogens (primary N) is 1. The molecule has 0 radical (unpaired) electrons. The molecule has 26 heavy (non-hydrogen) atoms. The third kappa shape index (κ3) is 3.83. The summed E-state index contributed by atoms with van der Waals surface area (Å²) in [5.41, 5.74) is 12.7. The molecule has 5 heteroatoms. The Bertz CT molecular complexity index is 884. The van der Waals surface area contributed by atoms with Crippen molar-refractivity contribution in [2.24, 2.45) is 10.7 Å². The number of nitrogens with zero attached hydrogens (tertiary/aromatic N) is 1. The van der Waals surface area contributed by atoms with Crippen molar-refractivity contribution in [2.45, 2.75) is 13.5 Å². The van der Waals surface area contributed by atoms with Gasteiger partial charge in [-0.1, -0.05) is 36.4 Å². The van der Waals surface area contributed by atoms with Crippen LogP contribution in [0.2, 0.25) is 0 Å². The van der Waals surface area contributed by atoms with Crippen LogP contribution in [-0.2, 0) is 11.3 Å². The van der Waals surface area contributed by atoms with Gasteiger partial charge in [-0.25, -0.2) is 4.79 Å². The van der Waals surface area contributed by atoms with Crippen LogP contribution in [0.3, 0.4) is 0 Å². The van der Waals surface area contributed by atoms with Crippen molar-refractivity contribution < 1.29 is 9.53 Å². The van der Waals surface area contributed by atoms with E-state index in [2.05, 4.69) is 24.4 Å². The van der Waals surface area contributed by atoms with Gasteiger partial charge in [0.05, 0.1) is 24.9 Å². The van der Waals surface area contributed by atoms with Gasteiger partial charge in [-0.2, -0.15) is 0 Å². The second-order valence-electron chi connectivity index (χ2n) is 6.28. The van der Waals surface area contributed by atoms with E-state index in [0.29, 0.717) is 25.2 Å². The highest BCUT2D eigenvalue weighted by molar-refractivity contribution is 6.14. The summed E-state index contributed by atoms with van der Waals surface area (Å²) >= 11 is 0. The third-order valence-corrected chi connectivity index (χ3v) is 4.46. The molecule has 134 valence electrons. The van der Waals surface area contributed by atoms with Gasteiger partial charge < -0.3 is 15.8 Å². The van der Waals surface area contributed by atoms with E-state index < -0.39 is 0 Å². The zero-order valence-electron chi connectivity index (χ0n) is 15.1. The molecule has 3 rings (SSSR count). The Morgan fingerprint density at radius 2 is 2.00 bits per heavy atom. The maximum atomic E-state index is 11.7. The summed E-state index contributed by atoms with van der Waals surface area (Å²) < 4.78 is 4.79. The Morgan fingerprint density at radius 1 is 1.19 bits per heavy atom. The number of carbonyl (C=O) groups is 1. The summed E-state index contributed by atoms with van der Waals surface area (Å²) in [6, 6.07) is 15.5. The number of benzene rings is 2. The number of esters is 1. The Labute approximate surface area is 153 Å². The average Bonchev–Trinajstić information content (AvgIpc) is 3.08. The lowest BCUT2D eigenvalue weighted by Gasteiger charge is -2.12. The van der Waals surface area contributed by atoms with E-state index in [1.54, 1.807) is 6.07 Å². The minimum atomic E-state index is -0.345. The second kappa shape index (κ2) is 7.97. The average molecular weight is 349 g/mol. The van der Waals surface area contributed by atoms with Crippen molar-refractivity contribution >= 4 is 11.7 Å². The molecule has 0 unspecified atom stereocenters. The SMILES string of the molecule is COC(=O)c1cccc(CN=C(C2=C(N)CNC2)c2ccccc2C)c1. The molecule has 1 heterocycles. The maximum absolute atomic E-state index is 11.7. The first kappa shape index (κ1) is 17.9. The minimum absolute atomic E-state index is 0.345. The number of hydrogen-bond acceptors (Lipinski definition) is 5. The van der Waals surface area contributed by atoms with Crippen molar-refractivity contribution in [1.29, 1.82) is 0 Å². The van der Waals surface area contributed by atoms with Crippen molar-refractivity contribution in [3.8, 4) is 0 Å². The zero-order chi connectivity index (χ0) is 18.5. The molecule has 0 saturated carbocycles. The number of methoxy groups -OCH3 is 1. The third-order valence-electron chi connectivity index (χ3n) is 4.46. The van der Waals surface area contributed by atoms with Crippen LogP contribution in [0.25, 0.3) is 0 Å². The van der Waals surface area contributed by atoms with Gasteiger partial charge in [-0.15, -0.1) is 0 Å². The predicted molar refractivity (Wildman–Crippen MR) is 103 cm³/mol. The topological polar surface area (TPSA) is 76.7 Å². The lowest BCUT2D eigenvalue weighted by atomic mass is 9.97. The first-order valence-corrected chi connectivity index (χ1v) is 8.56. The Kier molecular flexibility index (Phi) is 5.49. The van der Waals surface area contributed by atoms with E-state index in [-0.39, 0.29) is 5.97 Å². The quantitative estimate of drug-likeness (QED) is 0.642. The molecule has 2 aromatic rings. The molecule has 1 aliphatic heterocycles. The summed E-state index contributed by atoms with van der Waals surface area (Å²) in [5.74, 6) is -0.345. The summed E-state index contributed by atoms with van der Waals surface area (Å²) in [6.07, 6.45) is 0. The lowest BCUT2D eigenvalue weighted by molar-refractivity contribution is 0.0600. The van der Waals surface area contributed by atoms with Crippen LogP contribution in [0.5, 0.6) is 0 Å². The largest absolute Gasteiger partial charge is 0.465 e. The van der Waals surface area contributed by atoms with Crippen LogP contribution >= 0.6 is 0 Å². The standard InChI is InChI=1S/C21H23N3O2/c1-14-6-3-4-9-17(14)20(18-12-23-13-19(18)22)24-11-15-7-5-8-16(10-15)21(25)26-2/h3-10,23H,11-13,22H2,1-2H3. The van der Waals surface area contributed by atoms with E-state index in [1.165, 1.54) is 7.11 Å². The molecule has 3 N–H and O–H groups in total. The summed E-state index contributed by atoms with van der Waals surface area (Å²) in [5, 5.41) is 3.28. The summed E-state index contributed by atoms with van der Waals surface area (Å²) in [4.78, 5) is 16.6. The molecular weight excluding hydrogens is 326 g/mol. The number of rotatable bonds is 5. The van der Waals surface area contributed by atoms with Crippen molar-refractivity contribution in [2.75, 3.05) is 20.2 Å². The van der Waals surface area contributed by atoms with Crippen molar-refractivity contribution in [1.82, 2.24) is 5.32 Å². The van der Waals surface area contributed by atoms with Gasteiger partial charge >= 0.3 is 5.97 Å². The number of ether oxygens (including phenoxy) is 1. The molecule has 5 nitrogen and oxygen atoms in total. The molecular formula is C21H23N3O2. The lowest BCUT2D eigenvalue weighted by Crippen LogP contribution is -2.15. The van der Waals surface area contributed by atoms with Crippen LogP contribution in [0.1, 0.15) is 27.0 Å². The molecule has 0 fully saturated rings. The Hall–Kier alpha value is -2.92. The summed E-state index contributed by atoms with van der Waals surface area (Å²) in [7, 11) is 1.38. The molecule has 0 bridgehead atoms. The maximum Gasteiger partial charge on any atom is 0.337 e. The van der Waals surface area contributed by atoms with Crippen LogP contribution in [-0.4, -0.2) is 31.9 Å². The van der Waals surface area contributed by atoms with Crippen LogP contribution in [0, 0.1) is 6.92 Å². The normalized spacial score (nSPS) is 14.6. The fraction of sp³-hybridized carbons (Fsp3) is 0.238. The van der Waals surface area contributed by atoms with Crippen molar-refractivity contribution in [3.63, 3.8) is 0 Å². The first-order valence-electron chi connectivity index (χ1n) is 8.56. The fourth-order valence-corrected chi connectivity index (χ4v) is 3.04. The van der Waals surface area contributed by atoms with Crippen LogP contribution in [0.4, 0.5) is 0 Å². The van der Waals surface area contributed by atoms with E-state index in [0.717, 1.165) is 33.7 Å². The second-order valence-corrected chi connectivity index (χ2v) is 6.28. The van der Waals surface area contributed by atoms with E-state index >= 15 is 0 Å². The highest BCUT2D eigenvalue weighted by atomic mass is 16.5. The molecule has 0 spiro atoms. The number of nitrogens with one attached hydrogen (secondary N) is 1. The summed E-state index contributed by atoms with van der Waals surface area (Å²) in [6.45, 7) is 3.92. The van der Waals surface area contributed by atoms with Crippen LogP contribution in [0.15, 0.2) is 64.8 Å². The van der Waals surface area contributed by atoms with Gasteiger partial charge in [-0.3, -0.25) is 4.99 Å². The highest BCUT2D eigenvalue weighted by Gasteiger charge is 2.19. The van der Waals surface area contributed by atoms with Gasteiger partial charge in [0.2, 0.25) is 0 Å². The molecule has 0 atom stereocenters. The molecule has 0 amide bonds. The number of aliphatic imine (C=N–C) groups is 1.